The third-order valence-corrected chi connectivity index (χ3v) is 7.16. The molecule has 40 heavy (non-hydrogen) atoms. The quantitative estimate of drug-likeness (QED) is 0.242. The number of nitrogens with zero attached hydrogens (tertiary/aromatic N) is 3. The highest BCUT2D eigenvalue weighted by Crippen LogP contribution is 2.28. The molecule has 0 saturated carbocycles. The van der Waals surface area contributed by atoms with Crippen molar-refractivity contribution >= 4 is 34.9 Å². The van der Waals surface area contributed by atoms with Gasteiger partial charge in [-0.15, -0.1) is 0 Å². The Kier molecular flexibility index (Phi) is 7.88. The van der Waals surface area contributed by atoms with E-state index in [2.05, 4.69) is 4.90 Å². The minimum absolute atomic E-state index is 0.0750. The molecule has 1 atom stereocenters. The lowest BCUT2D eigenvalue weighted by Crippen LogP contribution is -2.52. The highest BCUT2D eigenvalue weighted by atomic mass is 19.1. The van der Waals surface area contributed by atoms with E-state index in [4.69, 9.17) is 9.47 Å². The molecule has 3 aromatic carbocycles. The van der Waals surface area contributed by atoms with Crippen LogP contribution in [0, 0.1) is 5.82 Å². The van der Waals surface area contributed by atoms with Crippen LogP contribution in [0.15, 0.2) is 72.8 Å². The summed E-state index contributed by atoms with van der Waals surface area (Å²) in [5, 5.41) is 0. The first-order valence-corrected chi connectivity index (χ1v) is 12.9. The van der Waals surface area contributed by atoms with Gasteiger partial charge in [-0.1, -0.05) is 12.1 Å². The molecular weight excluding hydrogens is 517 g/mol. The molecule has 2 fully saturated rings. The Bertz CT molecular complexity index is 1420. The van der Waals surface area contributed by atoms with Crippen molar-refractivity contribution in [2.75, 3.05) is 49.7 Å². The van der Waals surface area contributed by atoms with Gasteiger partial charge < -0.3 is 14.4 Å². The minimum Gasteiger partial charge on any atom is -0.497 e. The number of halogens is 1. The van der Waals surface area contributed by atoms with E-state index < -0.39 is 18.6 Å². The molecular formula is C30H28FN3O6. The standard InChI is InChI=1S/C30H28FN3O6/c1-39-25-4-2-3-21(17-25)27(35)19-40-30(38)20-5-9-24(10-6-20)34-28(36)18-26(29(34)37)33-15-13-32(14-16-33)23-11-7-22(31)8-12-23/h2-12,17,26H,13-16,18-19H2,1H3. The van der Waals surface area contributed by atoms with E-state index in [9.17, 15) is 23.6 Å². The van der Waals surface area contributed by atoms with Gasteiger partial charge in [0.25, 0.3) is 5.91 Å². The molecule has 0 spiro atoms. The second-order valence-corrected chi connectivity index (χ2v) is 9.56. The van der Waals surface area contributed by atoms with Crippen molar-refractivity contribution < 1.29 is 33.0 Å². The number of carbonyl (C=O) groups excluding carboxylic acids is 4. The average molecular weight is 546 g/mol. The van der Waals surface area contributed by atoms with E-state index in [0.29, 0.717) is 43.2 Å². The summed E-state index contributed by atoms with van der Waals surface area (Å²) in [7, 11) is 1.49. The summed E-state index contributed by atoms with van der Waals surface area (Å²) in [6.45, 7) is 2.05. The normalized spacial score (nSPS) is 17.7. The Labute approximate surface area is 230 Å². The molecule has 10 heteroatoms. The molecule has 2 heterocycles. The van der Waals surface area contributed by atoms with Gasteiger partial charge in [0, 0.05) is 37.4 Å². The molecule has 2 saturated heterocycles. The van der Waals surface area contributed by atoms with Crippen LogP contribution in [0.5, 0.6) is 5.75 Å². The molecule has 3 aromatic rings. The summed E-state index contributed by atoms with van der Waals surface area (Å²) in [5.74, 6) is -1.45. The number of Topliss-reactive ketones (excluding diaryl/α,β-unsaturated/α-hetero) is 1. The van der Waals surface area contributed by atoms with Crippen LogP contribution in [0.25, 0.3) is 0 Å². The van der Waals surface area contributed by atoms with Gasteiger partial charge in [-0.2, -0.15) is 0 Å². The van der Waals surface area contributed by atoms with E-state index in [-0.39, 0.29) is 35.4 Å². The first kappa shape index (κ1) is 27.0. The smallest absolute Gasteiger partial charge is 0.338 e. The number of amides is 2. The monoisotopic (exact) mass is 545 g/mol. The van der Waals surface area contributed by atoms with Crippen LogP contribution in [0.2, 0.25) is 0 Å². The zero-order valence-corrected chi connectivity index (χ0v) is 21.9. The fourth-order valence-electron chi connectivity index (χ4n) is 4.96. The maximum absolute atomic E-state index is 13.3. The number of imide groups is 1. The molecule has 2 amide bonds. The van der Waals surface area contributed by atoms with Crippen LogP contribution in [0.1, 0.15) is 27.1 Å². The van der Waals surface area contributed by atoms with Gasteiger partial charge in [-0.25, -0.2) is 14.1 Å². The lowest BCUT2D eigenvalue weighted by atomic mass is 10.1. The van der Waals surface area contributed by atoms with Crippen molar-refractivity contribution in [1.82, 2.24) is 4.90 Å². The van der Waals surface area contributed by atoms with Gasteiger partial charge in [0.2, 0.25) is 5.91 Å². The second-order valence-electron chi connectivity index (χ2n) is 9.56. The molecule has 0 aromatic heterocycles. The number of piperazine rings is 1. The van der Waals surface area contributed by atoms with Crippen molar-refractivity contribution in [3.8, 4) is 5.75 Å². The molecule has 5 rings (SSSR count). The molecule has 0 aliphatic carbocycles. The van der Waals surface area contributed by atoms with Crippen LogP contribution in [0.4, 0.5) is 15.8 Å². The van der Waals surface area contributed by atoms with Gasteiger partial charge in [-0.3, -0.25) is 19.3 Å². The summed E-state index contributed by atoms with van der Waals surface area (Å²) in [6, 6.07) is 18.3. The Morgan fingerprint density at radius 3 is 2.23 bits per heavy atom. The second kappa shape index (κ2) is 11.7. The van der Waals surface area contributed by atoms with Gasteiger partial charge in [0.1, 0.15) is 11.6 Å². The predicted octanol–water partition coefficient (Wildman–Crippen LogP) is 3.33. The topological polar surface area (TPSA) is 96.5 Å². The van der Waals surface area contributed by atoms with E-state index in [1.807, 2.05) is 4.90 Å². The van der Waals surface area contributed by atoms with Gasteiger partial charge in [0.15, 0.2) is 12.4 Å². The van der Waals surface area contributed by atoms with Crippen molar-refractivity contribution in [2.24, 2.45) is 0 Å². The van der Waals surface area contributed by atoms with Crippen molar-refractivity contribution in [3.63, 3.8) is 0 Å². The number of esters is 1. The van der Waals surface area contributed by atoms with Crippen LogP contribution in [0.3, 0.4) is 0 Å². The zero-order valence-electron chi connectivity index (χ0n) is 21.9. The molecule has 0 radical (unpaired) electrons. The number of benzene rings is 3. The summed E-state index contributed by atoms with van der Waals surface area (Å²) in [4.78, 5) is 56.2. The Hall–Kier alpha value is -4.57. The van der Waals surface area contributed by atoms with Gasteiger partial charge >= 0.3 is 5.97 Å². The average Bonchev–Trinajstić information content (AvgIpc) is 3.29. The molecule has 0 N–H and O–H groups in total. The number of carbonyl (C=O) groups is 4. The van der Waals surface area contributed by atoms with E-state index in [1.165, 1.54) is 43.5 Å². The molecule has 9 nitrogen and oxygen atoms in total. The molecule has 1 unspecified atom stereocenters. The fraction of sp³-hybridized carbons (Fsp3) is 0.267. The number of methoxy groups -OCH3 is 1. The first-order valence-electron chi connectivity index (χ1n) is 12.9. The fourth-order valence-corrected chi connectivity index (χ4v) is 4.96. The predicted molar refractivity (Wildman–Crippen MR) is 145 cm³/mol. The van der Waals surface area contributed by atoms with Crippen LogP contribution < -0.4 is 14.5 Å². The maximum Gasteiger partial charge on any atom is 0.338 e. The number of anilines is 2. The SMILES string of the molecule is COc1cccc(C(=O)COC(=O)c2ccc(N3C(=O)CC(N4CCN(c5ccc(F)cc5)CC4)C3=O)cc2)c1. The Morgan fingerprint density at radius 1 is 0.875 bits per heavy atom. The highest BCUT2D eigenvalue weighted by Gasteiger charge is 2.43. The largest absolute Gasteiger partial charge is 0.497 e. The Morgan fingerprint density at radius 2 is 1.55 bits per heavy atom. The lowest BCUT2D eigenvalue weighted by Gasteiger charge is -2.38. The molecule has 0 bridgehead atoms. The maximum atomic E-state index is 13.3. The third-order valence-electron chi connectivity index (χ3n) is 7.16. The number of ketones is 1. The number of ether oxygens (including phenoxy) is 2. The number of rotatable bonds is 8. The summed E-state index contributed by atoms with van der Waals surface area (Å²) < 4.78 is 23.5. The van der Waals surface area contributed by atoms with Crippen LogP contribution in [-0.4, -0.2) is 74.4 Å². The van der Waals surface area contributed by atoms with Crippen molar-refractivity contribution in [2.45, 2.75) is 12.5 Å². The first-order chi connectivity index (χ1) is 19.3. The Balaban J connectivity index is 1.16. The van der Waals surface area contributed by atoms with Crippen molar-refractivity contribution in [3.05, 3.63) is 89.7 Å². The lowest BCUT2D eigenvalue weighted by molar-refractivity contribution is -0.123. The number of hydrogen-bond donors (Lipinski definition) is 0. The highest BCUT2D eigenvalue weighted by molar-refractivity contribution is 6.22. The summed E-state index contributed by atoms with van der Waals surface area (Å²) >= 11 is 0. The van der Waals surface area contributed by atoms with Gasteiger partial charge in [0.05, 0.1) is 30.8 Å². The van der Waals surface area contributed by atoms with E-state index >= 15 is 0 Å². The van der Waals surface area contributed by atoms with Crippen LogP contribution in [-0.2, 0) is 14.3 Å². The van der Waals surface area contributed by atoms with E-state index in [1.54, 1.807) is 36.4 Å². The van der Waals surface area contributed by atoms with Crippen LogP contribution >= 0.6 is 0 Å². The minimum atomic E-state index is -0.696. The molecule has 206 valence electrons. The molecule has 2 aliphatic rings. The third kappa shape index (κ3) is 5.72. The van der Waals surface area contributed by atoms with Crippen molar-refractivity contribution in [1.29, 1.82) is 0 Å². The summed E-state index contributed by atoms with van der Waals surface area (Å²) in [5.41, 5.74) is 1.83. The summed E-state index contributed by atoms with van der Waals surface area (Å²) in [6.07, 6.45) is 0.0750. The number of hydrogen-bond acceptors (Lipinski definition) is 8. The van der Waals surface area contributed by atoms with Gasteiger partial charge in [-0.05, 0) is 60.7 Å². The zero-order chi connectivity index (χ0) is 28.2. The molecule has 2 aliphatic heterocycles. The van der Waals surface area contributed by atoms with E-state index in [0.717, 1.165) is 10.6 Å².